The Morgan fingerprint density at radius 1 is 1.58 bits per heavy atom. The maximum atomic E-state index is 10.7. The normalized spacial score (nSPS) is 12.1. The summed E-state index contributed by atoms with van der Waals surface area (Å²) in [6.45, 7) is 0.703. The summed E-state index contributed by atoms with van der Waals surface area (Å²) in [6.07, 6.45) is 0.286. The van der Waals surface area contributed by atoms with E-state index in [0.717, 1.165) is 0 Å². The van der Waals surface area contributed by atoms with Crippen LogP contribution in [0.1, 0.15) is 6.42 Å². The molecule has 0 radical (unpaired) electrons. The minimum atomic E-state index is -0.251. The van der Waals surface area contributed by atoms with Crippen molar-refractivity contribution in [1.29, 1.82) is 0 Å². The number of carbonyl (C=O) groups is 1. The van der Waals surface area contributed by atoms with Crippen LogP contribution in [0, 0.1) is 0 Å². The van der Waals surface area contributed by atoms with Crippen LogP contribution in [0.25, 0.3) is 0 Å². The van der Waals surface area contributed by atoms with Crippen molar-refractivity contribution in [2.24, 2.45) is 5.73 Å². The fourth-order valence-electron chi connectivity index (χ4n) is 0.831. The number of nitrogens with two attached hydrogens (primary N) is 1. The molecule has 0 heterocycles. The molecule has 0 amide bonds. The van der Waals surface area contributed by atoms with E-state index in [1.807, 2.05) is 19.0 Å². The third kappa shape index (κ3) is 7.78. The van der Waals surface area contributed by atoms with Gasteiger partial charge in [-0.1, -0.05) is 0 Å². The Labute approximate surface area is 79.5 Å². The van der Waals surface area contributed by atoms with Gasteiger partial charge in [0.2, 0.25) is 0 Å². The molecule has 0 saturated heterocycles. The van der Waals surface area contributed by atoms with Gasteiger partial charge >= 0.3 is 5.97 Å². The van der Waals surface area contributed by atoms with Crippen LogP contribution in [0.4, 0.5) is 0 Å². The van der Waals surface area contributed by atoms with E-state index in [2.05, 4.69) is 4.74 Å². The SMILES string of the molecule is COC(=O)CC(N)CN(C)C.Cl. The topological polar surface area (TPSA) is 55.6 Å². The minimum Gasteiger partial charge on any atom is -0.469 e. The molecule has 0 spiro atoms. The van der Waals surface area contributed by atoms with Crippen LogP contribution in [0.2, 0.25) is 0 Å². The first kappa shape index (κ1) is 14.2. The van der Waals surface area contributed by atoms with Gasteiger partial charge in [-0.05, 0) is 14.1 Å². The predicted octanol–water partition coefficient (Wildman–Crippen LogP) is -0.140. The third-order valence-electron chi connectivity index (χ3n) is 1.26. The number of hydrogen-bond donors (Lipinski definition) is 1. The van der Waals surface area contributed by atoms with Gasteiger partial charge in [0.05, 0.1) is 13.5 Å². The molecular weight excluding hydrogens is 180 g/mol. The number of ether oxygens (including phenoxy) is 1. The largest absolute Gasteiger partial charge is 0.469 e. The standard InChI is InChI=1S/C7H16N2O2.ClH/c1-9(2)5-6(8)4-7(10)11-3;/h6H,4-5,8H2,1-3H3;1H. The molecular formula is C7H17ClN2O2. The monoisotopic (exact) mass is 196 g/mol. The van der Waals surface area contributed by atoms with Gasteiger partial charge < -0.3 is 15.4 Å². The van der Waals surface area contributed by atoms with Crippen molar-refractivity contribution in [1.82, 2.24) is 4.90 Å². The maximum absolute atomic E-state index is 10.7. The summed E-state index contributed by atoms with van der Waals surface area (Å²) < 4.78 is 4.46. The molecule has 0 rings (SSSR count). The van der Waals surface area contributed by atoms with Crippen LogP contribution in [0.3, 0.4) is 0 Å². The lowest BCUT2D eigenvalue weighted by atomic mass is 10.2. The van der Waals surface area contributed by atoms with Gasteiger partial charge in [0.25, 0.3) is 0 Å². The second-order valence-corrected chi connectivity index (χ2v) is 2.80. The molecule has 0 fully saturated rings. The first-order valence-corrected chi connectivity index (χ1v) is 3.53. The number of methoxy groups -OCH3 is 1. The first-order valence-electron chi connectivity index (χ1n) is 3.53. The van der Waals surface area contributed by atoms with E-state index in [1.54, 1.807) is 0 Å². The summed E-state index contributed by atoms with van der Waals surface area (Å²) in [6, 6.07) is -0.127. The van der Waals surface area contributed by atoms with E-state index in [1.165, 1.54) is 7.11 Å². The van der Waals surface area contributed by atoms with Crippen molar-refractivity contribution in [3.63, 3.8) is 0 Å². The van der Waals surface area contributed by atoms with Gasteiger partial charge in [0.15, 0.2) is 0 Å². The van der Waals surface area contributed by atoms with Crippen LogP contribution in [-0.2, 0) is 9.53 Å². The van der Waals surface area contributed by atoms with Crippen LogP contribution >= 0.6 is 12.4 Å². The van der Waals surface area contributed by atoms with Crippen molar-refractivity contribution >= 4 is 18.4 Å². The summed E-state index contributed by atoms with van der Waals surface area (Å²) >= 11 is 0. The van der Waals surface area contributed by atoms with Crippen molar-refractivity contribution in [2.45, 2.75) is 12.5 Å². The molecule has 74 valence electrons. The van der Waals surface area contributed by atoms with Gasteiger partial charge in [0.1, 0.15) is 0 Å². The highest BCUT2D eigenvalue weighted by molar-refractivity contribution is 5.85. The first-order chi connectivity index (χ1) is 5.06. The smallest absolute Gasteiger partial charge is 0.307 e. The van der Waals surface area contributed by atoms with Crippen LogP contribution in [-0.4, -0.2) is 44.7 Å². The van der Waals surface area contributed by atoms with Crippen molar-refractivity contribution < 1.29 is 9.53 Å². The fourth-order valence-corrected chi connectivity index (χ4v) is 0.831. The lowest BCUT2D eigenvalue weighted by Crippen LogP contribution is -2.35. The van der Waals surface area contributed by atoms with Crippen LogP contribution < -0.4 is 5.73 Å². The van der Waals surface area contributed by atoms with Crippen molar-refractivity contribution in [3.05, 3.63) is 0 Å². The minimum absolute atomic E-state index is 0. The number of likely N-dealkylation sites (N-methyl/N-ethyl adjacent to an activating group) is 1. The number of hydrogen-bond acceptors (Lipinski definition) is 4. The average Bonchev–Trinajstić information content (AvgIpc) is 1.85. The molecule has 0 aliphatic rings. The molecule has 1 atom stereocenters. The van der Waals surface area contributed by atoms with E-state index in [4.69, 9.17) is 5.73 Å². The Hall–Kier alpha value is -0.320. The second kappa shape index (κ2) is 7.34. The Balaban J connectivity index is 0. The van der Waals surface area contributed by atoms with E-state index in [9.17, 15) is 4.79 Å². The van der Waals surface area contributed by atoms with Gasteiger partial charge in [0, 0.05) is 12.6 Å². The van der Waals surface area contributed by atoms with Gasteiger partial charge in [-0.2, -0.15) is 0 Å². The predicted molar refractivity (Wildman–Crippen MR) is 50.4 cm³/mol. The second-order valence-electron chi connectivity index (χ2n) is 2.80. The molecule has 0 aromatic carbocycles. The summed E-state index contributed by atoms with van der Waals surface area (Å²) in [5, 5.41) is 0. The molecule has 4 nitrogen and oxygen atoms in total. The molecule has 0 aliphatic carbocycles. The lowest BCUT2D eigenvalue weighted by Gasteiger charge is -2.15. The average molecular weight is 197 g/mol. The van der Waals surface area contributed by atoms with Crippen LogP contribution in [0.15, 0.2) is 0 Å². The summed E-state index contributed by atoms with van der Waals surface area (Å²) in [5.41, 5.74) is 5.61. The molecule has 5 heteroatoms. The zero-order chi connectivity index (χ0) is 8.85. The highest BCUT2D eigenvalue weighted by Gasteiger charge is 2.09. The summed E-state index contributed by atoms with van der Waals surface area (Å²) in [5.74, 6) is -0.251. The highest BCUT2D eigenvalue weighted by Crippen LogP contribution is 1.91. The molecule has 0 aliphatic heterocycles. The molecule has 1 unspecified atom stereocenters. The van der Waals surface area contributed by atoms with Gasteiger partial charge in [-0.15, -0.1) is 12.4 Å². The van der Waals surface area contributed by atoms with E-state index >= 15 is 0 Å². The van der Waals surface area contributed by atoms with Gasteiger partial charge in [-0.3, -0.25) is 4.79 Å². The zero-order valence-electron chi connectivity index (χ0n) is 7.74. The molecule has 0 aromatic rings. The zero-order valence-corrected chi connectivity index (χ0v) is 8.56. The lowest BCUT2D eigenvalue weighted by molar-refractivity contribution is -0.141. The Bertz CT molecular complexity index is 131. The molecule has 2 N–H and O–H groups in total. The molecule has 0 bridgehead atoms. The molecule has 0 aromatic heterocycles. The Morgan fingerprint density at radius 2 is 2.08 bits per heavy atom. The van der Waals surface area contributed by atoms with Crippen LogP contribution in [0.5, 0.6) is 0 Å². The van der Waals surface area contributed by atoms with Crippen molar-refractivity contribution in [2.75, 3.05) is 27.7 Å². The molecule has 12 heavy (non-hydrogen) atoms. The third-order valence-corrected chi connectivity index (χ3v) is 1.26. The number of carbonyl (C=O) groups excluding carboxylic acids is 1. The number of nitrogens with zero attached hydrogens (tertiary/aromatic N) is 1. The highest BCUT2D eigenvalue weighted by atomic mass is 35.5. The number of esters is 1. The van der Waals surface area contributed by atoms with E-state index in [0.29, 0.717) is 6.54 Å². The maximum Gasteiger partial charge on any atom is 0.307 e. The van der Waals surface area contributed by atoms with E-state index in [-0.39, 0.29) is 30.8 Å². The fraction of sp³-hybridized carbons (Fsp3) is 0.857. The number of rotatable bonds is 4. The Morgan fingerprint density at radius 3 is 2.42 bits per heavy atom. The van der Waals surface area contributed by atoms with E-state index < -0.39 is 0 Å². The number of halogens is 1. The Kier molecular flexibility index (Phi) is 8.69. The van der Waals surface area contributed by atoms with Gasteiger partial charge in [-0.25, -0.2) is 0 Å². The quantitative estimate of drug-likeness (QED) is 0.636. The van der Waals surface area contributed by atoms with Crippen molar-refractivity contribution in [3.8, 4) is 0 Å². The summed E-state index contributed by atoms with van der Waals surface area (Å²) in [4.78, 5) is 12.6. The summed E-state index contributed by atoms with van der Waals surface area (Å²) in [7, 11) is 5.19. The molecule has 0 saturated carbocycles.